The van der Waals surface area contributed by atoms with E-state index in [1.807, 2.05) is 0 Å². The summed E-state index contributed by atoms with van der Waals surface area (Å²) in [4.78, 5) is 2.40. The van der Waals surface area contributed by atoms with Gasteiger partial charge < -0.3 is 9.64 Å². The van der Waals surface area contributed by atoms with E-state index in [0.29, 0.717) is 10.6 Å². The van der Waals surface area contributed by atoms with E-state index < -0.39 is 11.7 Å². The first kappa shape index (κ1) is 24.2. The van der Waals surface area contributed by atoms with Gasteiger partial charge in [0.1, 0.15) is 0 Å². The molecule has 3 rings (SSSR count). The molecule has 1 aromatic carbocycles. The molecule has 2 fully saturated rings. The number of halogens is 4. The number of allylic oxidation sites excluding steroid dienone is 3. The number of hydrogen-bond acceptors (Lipinski definition) is 2. The van der Waals surface area contributed by atoms with Crippen molar-refractivity contribution < 1.29 is 17.9 Å². The lowest BCUT2D eigenvalue weighted by Gasteiger charge is -2.33. The molecule has 0 radical (unpaired) electrons. The van der Waals surface area contributed by atoms with Gasteiger partial charge in [-0.2, -0.15) is 13.2 Å². The molecule has 0 aromatic heterocycles. The van der Waals surface area contributed by atoms with Gasteiger partial charge in [-0.05, 0) is 105 Å². The average molecular weight is 456 g/mol. The van der Waals surface area contributed by atoms with Crippen LogP contribution in [0.4, 0.5) is 13.2 Å². The molecule has 1 heterocycles. The molecule has 1 aromatic rings. The van der Waals surface area contributed by atoms with Crippen LogP contribution in [-0.4, -0.2) is 31.6 Å². The number of methoxy groups -OCH3 is 1. The van der Waals surface area contributed by atoms with Crippen LogP contribution in [0.3, 0.4) is 0 Å². The zero-order chi connectivity index (χ0) is 22.4. The van der Waals surface area contributed by atoms with Gasteiger partial charge in [-0.1, -0.05) is 24.6 Å². The molecule has 0 spiro atoms. The van der Waals surface area contributed by atoms with Gasteiger partial charge in [0.15, 0.2) is 0 Å². The topological polar surface area (TPSA) is 12.5 Å². The number of likely N-dealkylation sites (tertiary alicyclic amines) is 1. The summed E-state index contributed by atoms with van der Waals surface area (Å²) < 4.78 is 44.9. The van der Waals surface area contributed by atoms with Crippen molar-refractivity contribution in [2.45, 2.75) is 69.9 Å². The Morgan fingerprint density at radius 3 is 2.55 bits per heavy atom. The summed E-state index contributed by atoms with van der Waals surface area (Å²) in [5.41, 5.74) is 2.56. The van der Waals surface area contributed by atoms with Gasteiger partial charge in [-0.15, -0.1) is 0 Å². The summed E-state index contributed by atoms with van der Waals surface area (Å²) in [5.74, 6) is 1.16. The van der Waals surface area contributed by atoms with E-state index in [4.69, 9.17) is 16.3 Å². The Kier molecular flexibility index (Phi) is 8.51. The predicted molar refractivity (Wildman–Crippen MR) is 120 cm³/mol. The highest BCUT2D eigenvalue weighted by atomic mass is 35.5. The summed E-state index contributed by atoms with van der Waals surface area (Å²) in [6, 6.07) is 3.68. The van der Waals surface area contributed by atoms with Crippen molar-refractivity contribution in [1.82, 2.24) is 4.90 Å². The zero-order valence-corrected chi connectivity index (χ0v) is 19.1. The van der Waals surface area contributed by atoms with Crippen LogP contribution in [0.15, 0.2) is 41.7 Å². The maximum Gasteiger partial charge on any atom is 0.416 e. The first-order valence-electron chi connectivity index (χ1n) is 11.3. The first-order chi connectivity index (χ1) is 14.8. The fraction of sp³-hybridized carbons (Fsp3) is 0.600. The summed E-state index contributed by atoms with van der Waals surface area (Å²) >= 11 is 6.24. The van der Waals surface area contributed by atoms with Gasteiger partial charge in [-0.3, -0.25) is 0 Å². The molecule has 1 saturated carbocycles. The van der Waals surface area contributed by atoms with Crippen molar-refractivity contribution >= 4 is 11.6 Å². The van der Waals surface area contributed by atoms with Crippen LogP contribution in [-0.2, 0) is 10.9 Å². The summed E-state index contributed by atoms with van der Waals surface area (Å²) in [7, 11) is 1.75. The standard InChI is InChI=1S/C25H33ClF3NO/c1-18-7-4-3-5-8-21(18)24(31-2)9-6-14-30-15-12-19(13-16-30)22-17-20(25(27,28)29)10-11-23(22)26/h10-11,17,19H,1,3-9,12-16H2,2H3/b24-21-. The predicted octanol–water partition coefficient (Wildman–Crippen LogP) is 7.74. The minimum atomic E-state index is -4.34. The quantitative estimate of drug-likeness (QED) is 0.321. The van der Waals surface area contributed by atoms with E-state index in [-0.39, 0.29) is 5.92 Å². The normalized spacial score (nSPS) is 21.1. The minimum absolute atomic E-state index is 0.0806. The van der Waals surface area contributed by atoms with Crippen LogP contribution in [0.5, 0.6) is 0 Å². The number of rotatable bonds is 6. The van der Waals surface area contributed by atoms with E-state index in [0.717, 1.165) is 70.0 Å². The Bertz CT molecular complexity index is 794. The van der Waals surface area contributed by atoms with E-state index in [1.54, 1.807) is 7.11 Å². The summed E-state index contributed by atoms with van der Waals surface area (Å²) in [6.07, 6.45) is 5.03. The average Bonchev–Trinajstić information content (AvgIpc) is 2.96. The molecule has 1 aliphatic heterocycles. The van der Waals surface area contributed by atoms with Crippen molar-refractivity contribution in [2.24, 2.45) is 0 Å². The Labute approximate surface area is 189 Å². The third kappa shape index (κ3) is 6.52. The summed E-state index contributed by atoms with van der Waals surface area (Å²) in [5, 5.41) is 0.437. The van der Waals surface area contributed by atoms with Crippen molar-refractivity contribution in [3.05, 3.63) is 57.8 Å². The molecule has 0 unspecified atom stereocenters. The van der Waals surface area contributed by atoms with Crippen LogP contribution in [0.2, 0.25) is 5.02 Å². The molecule has 2 nitrogen and oxygen atoms in total. The second kappa shape index (κ2) is 10.9. The minimum Gasteiger partial charge on any atom is -0.501 e. The lowest BCUT2D eigenvalue weighted by atomic mass is 9.88. The fourth-order valence-electron chi connectivity index (χ4n) is 4.82. The Morgan fingerprint density at radius 2 is 1.87 bits per heavy atom. The Morgan fingerprint density at radius 1 is 1.16 bits per heavy atom. The van der Waals surface area contributed by atoms with Crippen molar-refractivity contribution in [3.63, 3.8) is 0 Å². The van der Waals surface area contributed by atoms with Gasteiger partial charge in [0, 0.05) is 11.4 Å². The number of hydrogen-bond donors (Lipinski definition) is 0. The smallest absolute Gasteiger partial charge is 0.416 e. The van der Waals surface area contributed by atoms with Gasteiger partial charge in [0.2, 0.25) is 0 Å². The van der Waals surface area contributed by atoms with Crippen molar-refractivity contribution in [3.8, 4) is 0 Å². The van der Waals surface area contributed by atoms with Crippen molar-refractivity contribution in [1.29, 1.82) is 0 Å². The lowest BCUT2D eigenvalue weighted by Crippen LogP contribution is -2.33. The number of piperidine rings is 1. The molecule has 1 saturated heterocycles. The first-order valence-corrected chi connectivity index (χ1v) is 11.7. The molecule has 172 valence electrons. The maximum absolute atomic E-state index is 13.1. The van der Waals surface area contributed by atoms with Gasteiger partial charge in [-0.25, -0.2) is 0 Å². The van der Waals surface area contributed by atoms with Crippen LogP contribution in [0.1, 0.15) is 74.8 Å². The van der Waals surface area contributed by atoms with E-state index >= 15 is 0 Å². The molecule has 0 atom stereocenters. The largest absolute Gasteiger partial charge is 0.501 e. The second-order valence-corrected chi connectivity index (χ2v) is 9.13. The van der Waals surface area contributed by atoms with E-state index in [9.17, 15) is 13.2 Å². The molecule has 6 heteroatoms. The van der Waals surface area contributed by atoms with Crippen LogP contribution in [0.25, 0.3) is 0 Å². The van der Waals surface area contributed by atoms with Crippen molar-refractivity contribution in [2.75, 3.05) is 26.7 Å². The molecule has 1 aliphatic carbocycles. The van der Waals surface area contributed by atoms with E-state index in [2.05, 4.69) is 11.5 Å². The zero-order valence-electron chi connectivity index (χ0n) is 18.4. The lowest BCUT2D eigenvalue weighted by molar-refractivity contribution is -0.137. The highest BCUT2D eigenvalue weighted by molar-refractivity contribution is 6.31. The van der Waals surface area contributed by atoms with Crippen LogP contribution < -0.4 is 0 Å². The molecular weight excluding hydrogens is 423 g/mol. The monoisotopic (exact) mass is 455 g/mol. The molecule has 0 bridgehead atoms. The highest BCUT2D eigenvalue weighted by Crippen LogP contribution is 2.38. The fourth-order valence-corrected chi connectivity index (χ4v) is 5.09. The maximum atomic E-state index is 13.1. The molecule has 0 N–H and O–H groups in total. The van der Waals surface area contributed by atoms with E-state index in [1.165, 1.54) is 42.5 Å². The van der Waals surface area contributed by atoms with Gasteiger partial charge in [0.25, 0.3) is 0 Å². The molecule has 2 aliphatic rings. The summed E-state index contributed by atoms with van der Waals surface area (Å²) in [6.45, 7) is 6.98. The highest BCUT2D eigenvalue weighted by Gasteiger charge is 2.32. The second-order valence-electron chi connectivity index (χ2n) is 8.72. The van der Waals surface area contributed by atoms with Gasteiger partial charge >= 0.3 is 6.18 Å². The number of nitrogens with zero attached hydrogens (tertiary/aromatic N) is 1. The third-order valence-corrected chi connectivity index (χ3v) is 6.99. The van der Waals surface area contributed by atoms with Crippen LogP contribution in [0, 0.1) is 0 Å². The Hall–Kier alpha value is -1.46. The number of benzene rings is 1. The third-order valence-electron chi connectivity index (χ3n) is 6.64. The van der Waals surface area contributed by atoms with Gasteiger partial charge in [0.05, 0.1) is 18.4 Å². The molecule has 0 amide bonds. The number of alkyl halides is 3. The molecule has 31 heavy (non-hydrogen) atoms. The van der Waals surface area contributed by atoms with Crippen LogP contribution >= 0.6 is 11.6 Å². The molecular formula is C25H33ClF3NO. The SMILES string of the molecule is C=C1CCCCC/C1=C(\CCCN1CCC(c2cc(C(F)(F)F)ccc2Cl)CC1)OC. The number of ether oxygens (including phenoxy) is 1. The Balaban J connectivity index is 1.52.